The van der Waals surface area contributed by atoms with Gasteiger partial charge in [0.05, 0.1) is 24.3 Å². The number of anilines is 1. The number of rotatable bonds is 6. The van der Waals surface area contributed by atoms with Gasteiger partial charge in [-0.1, -0.05) is 44.2 Å². The Morgan fingerprint density at radius 2 is 1.79 bits per heavy atom. The maximum absolute atomic E-state index is 12.2. The first-order valence-corrected chi connectivity index (χ1v) is 11.7. The van der Waals surface area contributed by atoms with Gasteiger partial charge in [0.1, 0.15) is 5.75 Å². The highest BCUT2D eigenvalue weighted by Crippen LogP contribution is 2.44. The van der Waals surface area contributed by atoms with Gasteiger partial charge in [0.15, 0.2) is 0 Å². The minimum atomic E-state index is -0.268. The molecule has 1 aliphatic rings. The largest absolute Gasteiger partial charge is 0.491 e. The fourth-order valence-corrected chi connectivity index (χ4v) is 4.56. The van der Waals surface area contributed by atoms with Crippen molar-refractivity contribution in [2.75, 3.05) is 11.9 Å². The number of carbonyl (C=O) groups is 1. The zero-order valence-electron chi connectivity index (χ0n) is 20.1. The van der Waals surface area contributed by atoms with Crippen LogP contribution in [0.15, 0.2) is 66.7 Å². The minimum Gasteiger partial charge on any atom is -0.491 e. The summed E-state index contributed by atoms with van der Waals surface area (Å²) in [7, 11) is 0. The molecule has 0 amide bonds. The van der Waals surface area contributed by atoms with Crippen LogP contribution in [-0.4, -0.2) is 18.7 Å². The average molecular weight is 444 g/mol. The van der Waals surface area contributed by atoms with Crippen LogP contribution in [0.5, 0.6) is 5.75 Å². The molecular weight excluding hydrogens is 410 g/mol. The molecule has 4 heteroatoms. The zero-order chi connectivity index (χ0) is 23.6. The maximum atomic E-state index is 12.2. The van der Waals surface area contributed by atoms with Crippen LogP contribution < -0.4 is 10.1 Å². The second kappa shape index (κ2) is 9.30. The lowest BCUT2D eigenvalue weighted by Gasteiger charge is -2.39. The van der Waals surface area contributed by atoms with Crippen LogP contribution in [0.3, 0.4) is 0 Å². The molecule has 3 aromatic rings. The third kappa shape index (κ3) is 5.05. The van der Waals surface area contributed by atoms with Gasteiger partial charge in [-0.3, -0.25) is 0 Å². The number of benzene rings is 3. The lowest BCUT2D eigenvalue weighted by atomic mass is 9.73. The molecule has 0 aromatic heterocycles. The molecule has 172 valence electrons. The van der Waals surface area contributed by atoms with Gasteiger partial charge in [0.2, 0.25) is 0 Å². The Labute approximate surface area is 196 Å². The molecule has 4 rings (SSSR count). The van der Waals surface area contributed by atoms with Gasteiger partial charge >= 0.3 is 5.97 Å². The Morgan fingerprint density at radius 3 is 2.48 bits per heavy atom. The molecule has 0 aliphatic carbocycles. The number of hydrogen-bond donors (Lipinski definition) is 1. The SMILES string of the molecule is CCOC(=O)c1ccc2c(c1)C(C)(C)CC(c1cccc(-c3ccc(OC(C)C)cc3)c1)N2. The van der Waals surface area contributed by atoms with E-state index in [2.05, 4.69) is 55.6 Å². The van der Waals surface area contributed by atoms with E-state index in [0.717, 1.165) is 23.4 Å². The Bertz CT molecular complexity index is 1130. The van der Waals surface area contributed by atoms with E-state index in [4.69, 9.17) is 9.47 Å². The highest BCUT2D eigenvalue weighted by atomic mass is 16.5. The van der Waals surface area contributed by atoms with Crippen molar-refractivity contribution in [2.45, 2.75) is 58.6 Å². The third-order valence-electron chi connectivity index (χ3n) is 6.15. The summed E-state index contributed by atoms with van der Waals surface area (Å²) in [6, 6.07) is 23.0. The van der Waals surface area contributed by atoms with E-state index in [9.17, 15) is 4.79 Å². The highest BCUT2D eigenvalue weighted by molar-refractivity contribution is 5.90. The normalized spacial score (nSPS) is 16.6. The predicted octanol–water partition coefficient (Wildman–Crippen LogP) is 7.15. The summed E-state index contributed by atoms with van der Waals surface area (Å²) in [6.07, 6.45) is 1.09. The molecule has 0 saturated carbocycles. The van der Waals surface area contributed by atoms with Crippen LogP contribution >= 0.6 is 0 Å². The summed E-state index contributed by atoms with van der Waals surface area (Å²) in [6.45, 7) is 10.8. The van der Waals surface area contributed by atoms with Crippen LogP contribution in [0.1, 0.15) is 68.6 Å². The topological polar surface area (TPSA) is 47.6 Å². The van der Waals surface area contributed by atoms with Gasteiger partial charge in [0.25, 0.3) is 0 Å². The van der Waals surface area contributed by atoms with E-state index < -0.39 is 0 Å². The number of ether oxygens (including phenoxy) is 2. The first-order valence-electron chi connectivity index (χ1n) is 11.7. The molecule has 1 atom stereocenters. The number of carbonyl (C=O) groups excluding carboxylic acids is 1. The summed E-state index contributed by atoms with van der Waals surface area (Å²) in [4.78, 5) is 12.2. The molecule has 1 N–H and O–H groups in total. The molecular formula is C29H33NO3. The van der Waals surface area contributed by atoms with Gasteiger partial charge in [-0.15, -0.1) is 0 Å². The van der Waals surface area contributed by atoms with Crippen LogP contribution in [0, 0.1) is 0 Å². The zero-order valence-corrected chi connectivity index (χ0v) is 20.1. The van der Waals surface area contributed by atoms with Crippen LogP contribution in [0.25, 0.3) is 11.1 Å². The smallest absolute Gasteiger partial charge is 0.338 e. The summed E-state index contributed by atoms with van der Waals surface area (Å²) in [5.41, 5.74) is 6.36. The number of fused-ring (bicyclic) bond motifs is 1. The highest BCUT2D eigenvalue weighted by Gasteiger charge is 2.34. The Kier molecular flexibility index (Phi) is 6.46. The Hall–Kier alpha value is -3.27. The fourth-order valence-electron chi connectivity index (χ4n) is 4.56. The second-order valence-electron chi connectivity index (χ2n) is 9.58. The van der Waals surface area contributed by atoms with Gasteiger partial charge in [-0.2, -0.15) is 0 Å². The molecule has 0 spiro atoms. The molecule has 0 radical (unpaired) electrons. The fraction of sp³-hybridized carbons (Fsp3) is 0.345. The van der Waals surface area contributed by atoms with E-state index in [1.807, 2.05) is 51.1 Å². The van der Waals surface area contributed by atoms with E-state index in [1.54, 1.807) is 0 Å². The maximum Gasteiger partial charge on any atom is 0.338 e. The standard InChI is InChI=1S/C29H33NO3/c1-6-32-28(31)23-12-15-26-25(17-23)29(4,5)18-27(30-26)22-9-7-8-21(16-22)20-10-13-24(14-11-20)33-19(2)3/h7-17,19,27,30H,6,18H2,1-5H3. The molecule has 0 fully saturated rings. The van der Waals surface area contributed by atoms with E-state index in [-0.39, 0.29) is 23.5 Å². The van der Waals surface area contributed by atoms with Crippen molar-refractivity contribution < 1.29 is 14.3 Å². The molecule has 1 heterocycles. The van der Waals surface area contributed by atoms with E-state index >= 15 is 0 Å². The van der Waals surface area contributed by atoms with Crippen molar-refractivity contribution in [1.82, 2.24) is 0 Å². The number of nitrogens with one attached hydrogen (secondary N) is 1. The summed E-state index contributed by atoms with van der Waals surface area (Å²) in [5.74, 6) is 0.620. The first-order chi connectivity index (χ1) is 15.8. The van der Waals surface area contributed by atoms with E-state index in [1.165, 1.54) is 16.7 Å². The molecule has 0 bridgehead atoms. The van der Waals surface area contributed by atoms with Crippen LogP contribution in [-0.2, 0) is 10.2 Å². The Balaban J connectivity index is 1.59. The first kappa shape index (κ1) is 22.9. The van der Waals surface area contributed by atoms with Crippen LogP contribution in [0.2, 0.25) is 0 Å². The van der Waals surface area contributed by atoms with Gasteiger partial charge in [0, 0.05) is 5.69 Å². The van der Waals surface area contributed by atoms with Crippen molar-refractivity contribution in [3.05, 3.63) is 83.4 Å². The lowest BCUT2D eigenvalue weighted by Crippen LogP contribution is -2.31. The van der Waals surface area contributed by atoms with Crippen molar-refractivity contribution in [3.8, 4) is 16.9 Å². The molecule has 4 nitrogen and oxygen atoms in total. The molecule has 3 aromatic carbocycles. The van der Waals surface area contributed by atoms with Crippen molar-refractivity contribution in [1.29, 1.82) is 0 Å². The molecule has 0 saturated heterocycles. The van der Waals surface area contributed by atoms with Crippen molar-refractivity contribution >= 4 is 11.7 Å². The van der Waals surface area contributed by atoms with Crippen LogP contribution in [0.4, 0.5) is 5.69 Å². The molecule has 1 aliphatic heterocycles. The summed E-state index contributed by atoms with van der Waals surface area (Å²) < 4.78 is 11.0. The van der Waals surface area contributed by atoms with Crippen molar-refractivity contribution in [3.63, 3.8) is 0 Å². The number of hydrogen-bond acceptors (Lipinski definition) is 4. The summed E-state index contributed by atoms with van der Waals surface area (Å²) >= 11 is 0. The molecule has 1 unspecified atom stereocenters. The quantitative estimate of drug-likeness (QED) is 0.411. The monoisotopic (exact) mass is 443 g/mol. The Morgan fingerprint density at radius 1 is 1.03 bits per heavy atom. The van der Waals surface area contributed by atoms with Crippen molar-refractivity contribution in [2.24, 2.45) is 0 Å². The second-order valence-corrected chi connectivity index (χ2v) is 9.58. The lowest BCUT2D eigenvalue weighted by molar-refractivity contribution is 0.0526. The van der Waals surface area contributed by atoms with E-state index in [0.29, 0.717) is 12.2 Å². The number of esters is 1. The summed E-state index contributed by atoms with van der Waals surface area (Å²) in [5, 5.41) is 3.70. The van der Waals surface area contributed by atoms with Gasteiger partial charge in [-0.05, 0) is 91.3 Å². The van der Waals surface area contributed by atoms with Gasteiger partial charge in [-0.25, -0.2) is 4.79 Å². The average Bonchev–Trinajstić information content (AvgIpc) is 2.79. The minimum absolute atomic E-state index is 0.0837. The predicted molar refractivity (Wildman–Crippen MR) is 134 cm³/mol. The third-order valence-corrected chi connectivity index (χ3v) is 6.15. The van der Waals surface area contributed by atoms with Gasteiger partial charge < -0.3 is 14.8 Å². The molecule has 33 heavy (non-hydrogen) atoms.